The molecule has 32 heavy (non-hydrogen) atoms. The average Bonchev–Trinajstić information content (AvgIpc) is 3.35. The fraction of sp³-hybridized carbons (Fsp3) is 0.167. The van der Waals surface area contributed by atoms with Crippen LogP contribution in [-0.2, 0) is 11.3 Å². The lowest BCUT2D eigenvalue weighted by atomic mass is 10.1. The Labute approximate surface area is 191 Å². The van der Waals surface area contributed by atoms with Crippen molar-refractivity contribution in [3.8, 4) is 16.9 Å². The molecule has 0 saturated heterocycles. The van der Waals surface area contributed by atoms with Crippen LogP contribution in [0.2, 0.25) is 5.02 Å². The van der Waals surface area contributed by atoms with Gasteiger partial charge in [0.15, 0.2) is 0 Å². The smallest absolute Gasteiger partial charge is 0.241 e. The van der Waals surface area contributed by atoms with Crippen LogP contribution in [0, 0.1) is 13.8 Å². The Morgan fingerprint density at radius 1 is 1.06 bits per heavy atom. The van der Waals surface area contributed by atoms with Gasteiger partial charge in [-0.25, -0.2) is 10.1 Å². The number of aromatic nitrogens is 4. The predicted molar refractivity (Wildman–Crippen MR) is 126 cm³/mol. The van der Waals surface area contributed by atoms with Crippen molar-refractivity contribution in [2.24, 2.45) is 5.10 Å². The van der Waals surface area contributed by atoms with E-state index < -0.39 is 0 Å². The molecule has 2 aromatic heterocycles. The molecule has 0 aliphatic carbocycles. The van der Waals surface area contributed by atoms with Crippen molar-refractivity contribution in [2.75, 3.05) is 0 Å². The summed E-state index contributed by atoms with van der Waals surface area (Å²) in [6, 6.07) is 19.7. The molecule has 0 unspecified atom stereocenters. The predicted octanol–water partition coefficient (Wildman–Crippen LogP) is 4.55. The number of nitrogens with zero attached hydrogens (tertiary/aromatic N) is 5. The third kappa shape index (κ3) is 4.78. The van der Waals surface area contributed by atoms with Crippen molar-refractivity contribution in [1.82, 2.24) is 25.0 Å². The van der Waals surface area contributed by atoms with E-state index in [1.165, 1.54) is 0 Å². The zero-order chi connectivity index (χ0) is 22.5. The molecule has 0 fully saturated rings. The first-order valence-electron chi connectivity index (χ1n) is 10.2. The normalized spacial score (nSPS) is 11.2. The Hall–Kier alpha value is -3.71. The third-order valence-corrected chi connectivity index (χ3v) is 5.59. The monoisotopic (exact) mass is 446 g/mol. The SMILES string of the molecule is Cc1nn(CCC(=O)N/N=C/c2cn(-c3ccccc3)nc2-c2ccccc2)c(C)c1Cl. The number of nitrogens with one attached hydrogen (secondary N) is 1. The summed E-state index contributed by atoms with van der Waals surface area (Å²) in [6.45, 7) is 4.16. The van der Waals surface area contributed by atoms with Crippen LogP contribution in [0.1, 0.15) is 23.4 Å². The maximum absolute atomic E-state index is 12.3. The molecule has 1 N–H and O–H groups in total. The molecule has 0 aliphatic heterocycles. The molecule has 162 valence electrons. The van der Waals surface area contributed by atoms with Crippen LogP contribution in [0.4, 0.5) is 0 Å². The van der Waals surface area contributed by atoms with Gasteiger partial charge in [-0.3, -0.25) is 9.48 Å². The number of amides is 1. The van der Waals surface area contributed by atoms with Crippen molar-refractivity contribution >= 4 is 23.7 Å². The van der Waals surface area contributed by atoms with Gasteiger partial charge in [0.2, 0.25) is 5.91 Å². The summed E-state index contributed by atoms with van der Waals surface area (Å²) < 4.78 is 3.54. The standard InChI is InChI=1S/C24H23ClN6O/c1-17-23(25)18(2)30(28-17)14-13-22(32)27-26-15-20-16-31(21-11-7-4-8-12-21)29-24(20)19-9-5-3-6-10-19/h3-12,15-16H,13-14H2,1-2H3,(H,27,32)/b26-15+. The van der Waals surface area contributed by atoms with E-state index in [-0.39, 0.29) is 12.3 Å². The number of hydrogen-bond donors (Lipinski definition) is 1. The molecule has 1 amide bonds. The summed E-state index contributed by atoms with van der Waals surface area (Å²) in [4.78, 5) is 12.3. The van der Waals surface area contributed by atoms with Crippen molar-refractivity contribution in [2.45, 2.75) is 26.8 Å². The van der Waals surface area contributed by atoms with Gasteiger partial charge < -0.3 is 0 Å². The lowest BCUT2D eigenvalue weighted by molar-refractivity contribution is -0.121. The zero-order valence-corrected chi connectivity index (χ0v) is 18.6. The molecule has 0 aliphatic rings. The van der Waals surface area contributed by atoms with Gasteiger partial charge >= 0.3 is 0 Å². The quantitative estimate of drug-likeness (QED) is 0.334. The summed E-state index contributed by atoms with van der Waals surface area (Å²) in [5.41, 5.74) is 7.68. The number of carbonyl (C=O) groups is 1. The molecule has 2 heterocycles. The number of rotatable bonds is 7. The molecular weight excluding hydrogens is 424 g/mol. The highest BCUT2D eigenvalue weighted by atomic mass is 35.5. The van der Waals surface area contributed by atoms with E-state index in [9.17, 15) is 4.79 Å². The van der Waals surface area contributed by atoms with Crippen LogP contribution in [0.25, 0.3) is 16.9 Å². The summed E-state index contributed by atoms with van der Waals surface area (Å²) >= 11 is 6.16. The van der Waals surface area contributed by atoms with E-state index in [1.54, 1.807) is 15.6 Å². The van der Waals surface area contributed by atoms with Crippen molar-refractivity contribution < 1.29 is 4.79 Å². The van der Waals surface area contributed by atoms with Crippen LogP contribution in [0.5, 0.6) is 0 Å². The minimum Gasteiger partial charge on any atom is -0.273 e. The third-order valence-electron chi connectivity index (χ3n) is 5.05. The van der Waals surface area contributed by atoms with Gasteiger partial charge in [-0.1, -0.05) is 60.1 Å². The zero-order valence-electron chi connectivity index (χ0n) is 17.9. The highest BCUT2D eigenvalue weighted by Crippen LogP contribution is 2.22. The van der Waals surface area contributed by atoms with E-state index >= 15 is 0 Å². The van der Waals surface area contributed by atoms with Crippen LogP contribution in [-0.4, -0.2) is 31.7 Å². The topological polar surface area (TPSA) is 77.1 Å². The van der Waals surface area contributed by atoms with E-state index in [1.807, 2.05) is 80.7 Å². The van der Waals surface area contributed by atoms with Crippen molar-refractivity contribution in [3.63, 3.8) is 0 Å². The summed E-state index contributed by atoms with van der Waals surface area (Å²) in [5, 5.41) is 13.9. The Kier molecular flexibility index (Phi) is 6.47. The van der Waals surface area contributed by atoms with Gasteiger partial charge in [-0.15, -0.1) is 0 Å². The molecule has 0 radical (unpaired) electrons. The number of hydrazone groups is 1. The number of carbonyl (C=O) groups excluding carboxylic acids is 1. The number of halogens is 1. The van der Waals surface area contributed by atoms with Crippen molar-refractivity contribution in [1.29, 1.82) is 0 Å². The first-order valence-corrected chi connectivity index (χ1v) is 10.6. The van der Waals surface area contributed by atoms with E-state index in [2.05, 4.69) is 15.6 Å². The van der Waals surface area contributed by atoms with E-state index in [0.717, 1.165) is 33.9 Å². The molecule has 8 heteroatoms. The first kappa shape index (κ1) is 21.5. The molecule has 2 aromatic carbocycles. The number of hydrogen-bond acceptors (Lipinski definition) is 4. The molecule has 4 aromatic rings. The van der Waals surface area contributed by atoms with Gasteiger partial charge in [-0.2, -0.15) is 15.3 Å². The van der Waals surface area contributed by atoms with Crippen LogP contribution in [0.15, 0.2) is 72.0 Å². The fourth-order valence-corrected chi connectivity index (χ4v) is 3.48. The molecule has 4 rings (SSSR count). The Bertz CT molecular complexity index is 1240. The Morgan fingerprint density at radius 3 is 2.41 bits per heavy atom. The van der Waals surface area contributed by atoms with E-state index in [4.69, 9.17) is 16.7 Å². The number of aryl methyl sites for hydroxylation is 2. The molecule has 0 saturated carbocycles. The van der Waals surface area contributed by atoms with Gasteiger partial charge in [-0.05, 0) is 26.0 Å². The summed E-state index contributed by atoms with van der Waals surface area (Å²) in [7, 11) is 0. The second-order valence-electron chi connectivity index (χ2n) is 7.33. The molecule has 0 atom stereocenters. The van der Waals surface area contributed by atoms with Crippen LogP contribution in [0.3, 0.4) is 0 Å². The Morgan fingerprint density at radius 2 is 1.75 bits per heavy atom. The number of benzene rings is 2. The lowest BCUT2D eigenvalue weighted by Gasteiger charge is -2.03. The highest BCUT2D eigenvalue weighted by Gasteiger charge is 2.12. The lowest BCUT2D eigenvalue weighted by Crippen LogP contribution is -2.20. The van der Waals surface area contributed by atoms with Crippen LogP contribution >= 0.6 is 11.6 Å². The minimum absolute atomic E-state index is 0.207. The molecule has 7 nitrogen and oxygen atoms in total. The Balaban J connectivity index is 1.48. The summed E-state index contributed by atoms with van der Waals surface area (Å²) in [5.74, 6) is -0.207. The molecule has 0 bridgehead atoms. The van der Waals surface area contributed by atoms with Gasteiger partial charge in [0, 0.05) is 23.7 Å². The summed E-state index contributed by atoms with van der Waals surface area (Å²) in [6.07, 6.45) is 3.75. The van der Waals surface area contributed by atoms with E-state index in [0.29, 0.717) is 11.6 Å². The maximum Gasteiger partial charge on any atom is 0.241 e. The van der Waals surface area contributed by atoms with Gasteiger partial charge in [0.1, 0.15) is 5.69 Å². The minimum atomic E-state index is -0.207. The van der Waals surface area contributed by atoms with Gasteiger partial charge in [0.05, 0.1) is 34.9 Å². The second-order valence-corrected chi connectivity index (χ2v) is 7.71. The van der Waals surface area contributed by atoms with Crippen LogP contribution < -0.4 is 5.43 Å². The van der Waals surface area contributed by atoms with Gasteiger partial charge in [0.25, 0.3) is 0 Å². The maximum atomic E-state index is 12.3. The average molecular weight is 447 g/mol. The first-order chi connectivity index (χ1) is 15.5. The largest absolute Gasteiger partial charge is 0.273 e. The second kappa shape index (κ2) is 9.62. The molecular formula is C24H23ClN6O. The van der Waals surface area contributed by atoms with Crippen molar-refractivity contribution in [3.05, 3.63) is 88.8 Å². The number of para-hydroxylation sites is 1. The molecule has 0 spiro atoms. The highest BCUT2D eigenvalue weighted by molar-refractivity contribution is 6.31. The fourth-order valence-electron chi connectivity index (χ4n) is 3.35.